The van der Waals surface area contributed by atoms with E-state index in [4.69, 9.17) is 5.73 Å². The summed E-state index contributed by atoms with van der Waals surface area (Å²) < 4.78 is 0. The van der Waals surface area contributed by atoms with Crippen LogP contribution in [0.5, 0.6) is 0 Å². The van der Waals surface area contributed by atoms with E-state index in [9.17, 15) is 0 Å². The highest BCUT2D eigenvalue weighted by atomic mass is 14.5. The van der Waals surface area contributed by atoms with Gasteiger partial charge in [0, 0.05) is 5.69 Å². The molecule has 0 aromatic heterocycles. The minimum Gasteiger partial charge on any atom is -0.399 e. The fraction of sp³-hybridized carbons (Fsp3) is 0.0943. The van der Waals surface area contributed by atoms with Gasteiger partial charge in [-0.1, -0.05) is 164 Å². The Hall–Kier alpha value is -6.44. The Balaban J connectivity index is 1.17. The Bertz CT molecular complexity index is 2120. The van der Waals surface area contributed by atoms with Crippen LogP contribution in [0.1, 0.15) is 77.9 Å². The van der Waals surface area contributed by atoms with Gasteiger partial charge in [0.15, 0.2) is 0 Å². The van der Waals surface area contributed by atoms with Gasteiger partial charge in [0.05, 0.1) is 0 Å². The molecule has 0 aliphatic heterocycles. The molecule has 1 heteroatoms. The molecule has 7 rings (SSSR count). The van der Waals surface area contributed by atoms with E-state index in [1.54, 1.807) is 0 Å². The van der Waals surface area contributed by atoms with E-state index in [0.29, 0.717) is 0 Å². The molecule has 0 amide bonds. The van der Waals surface area contributed by atoms with E-state index >= 15 is 0 Å². The summed E-state index contributed by atoms with van der Waals surface area (Å²) >= 11 is 0. The van der Waals surface area contributed by atoms with Crippen LogP contribution < -0.4 is 5.73 Å². The van der Waals surface area contributed by atoms with Crippen LogP contribution in [-0.2, 0) is 19.3 Å². The Morgan fingerprint density at radius 2 is 0.556 bits per heavy atom. The van der Waals surface area contributed by atoms with Crippen LogP contribution in [0.2, 0.25) is 0 Å². The van der Waals surface area contributed by atoms with Gasteiger partial charge < -0.3 is 5.73 Å². The summed E-state index contributed by atoms with van der Waals surface area (Å²) in [5, 5.41) is 0. The quantitative estimate of drug-likeness (QED) is 0.126. The molecule has 7 aromatic carbocycles. The number of nitrogens with two attached hydrogens (primary N) is 1. The molecule has 0 saturated carbocycles. The average molecular weight is 698 g/mol. The van der Waals surface area contributed by atoms with Crippen molar-refractivity contribution in [3.05, 3.63) is 261 Å². The number of hydrogen-bond acceptors (Lipinski definition) is 1. The van der Waals surface area contributed by atoms with E-state index in [0.717, 1.165) is 75.0 Å². The van der Waals surface area contributed by atoms with Gasteiger partial charge >= 0.3 is 0 Å². The second-order valence-corrected chi connectivity index (χ2v) is 14.6. The third-order valence-corrected chi connectivity index (χ3v) is 10.3. The van der Waals surface area contributed by atoms with Gasteiger partial charge in [0.1, 0.15) is 0 Å². The van der Waals surface area contributed by atoms with Crippen molar-refractivity contribution in [2.75, 3.05) is 5.73 Å². The molecule has 0 heterocycles. The molecule has 0 saturated heterocycles. The molecule has 264 valence electrons. The first-order valence-corrected chi connectivity index (χ1v) is 18.6. The third kappa shape index (κ3) is 8.77. The van der Waals surface area contributed by atoms with E-state index in [1.807, 2.05) is 12.1 Å². The van der Waals surface area contributed by atoms with Crippen molar-refractivity contribution in [3.8, 4) is 0 Å². The summed E-state index contributed by atoms with van der Waals surface area (Å²) in [5.74, 6) is 0. The Morgan fingerprint density at radius 1 is 0.333 bits per heavy atom. The Kier molecular flexibility index (Phi) is 10.7. The van der Waals surface area contributed by atoms with Gasteiger partial charge in [0.2, 0.25) is 0 Å². The molecular formula is C53H47N. The number of hydrogen-bond donors (Lipinski definition) is 1. The van der Waals surface area contributed by atoms with Crippen molar-refractivity contribution in [2.45, 2.75) is 33.1 Å². The molecule has 0 unspecified atom stereocenters. The number of benzene rings is 7. The van der Waals surface area contributed by atoms with Crippen molar-refractivity contribution in [1.82, 2.24) is 0 Å². The van der Waals surface area contributed by atoms with Gasteiger partial charge in [-0.25, -0.2) is 0 Å². The van der Waals surface area contributed by atoms with Gasteiger partial charge in [-0.15, -0.1) is 0 Å². The predicted molar refractivity (Wildman–Crippen MR) is 232 cm³/mol. The van der Waals surface area contributed by atoms with Crippen LogP contribution >= 0.6 is 0 Å². The van der Waals surface area contributed by atoms with Crippen molar-refractivity contribution >= 4 is 22.4 Å². The van der Waals surface area contributed by atoms with Crippen LogP contribution in [0.25, 0.3) is 16.7 Å². The number of rotatable bonds is 12. The second kappa shape index (κ2) is 16.1. The normalized spacial score (nSPS) is 10.9. The highest BCUT2D eigenvalue weighted by molar-refractivity contribution is 5.88. The van der Waals surface area contributed by atoms with Crippen molar-refractivity contribution in [2.24, 2.45) is 0 Å². The fourth-order valence-corrected chi connectivity index (χ4v) is 6.88. The SMILES string of the molecule is C=C(c1ccc(Cc2ccc(C)cc2)cc1)c1cc(C(=C)c2ccc(Cc3ccc(C)cc3)cc2)cc(C(=C)c2ccc(Cc3ccc(N)cc3)cc2)c1. The Morgan fingerprint density at radius 3 is 0.815 bits per heavy atom. The lowest BCUT2D eigenvalue weighted by molar-refractivity contribution is 1.18. The minimum atomic E-state index is 0.780. The van der Waals surface area contributed by atoms with Crippen LogP contribution in [0.15, 0.2) is 184 Å². The lowest BCUT2D eigenvalue weighted by atomic mass is 9.88. The first-order valence-electron chi connectivity index (χ1n) is 18.6. The monoisotopic (exact) mass is 697 g/mol. The van der Waals surface area contributed by atoms with Gasteiger partial charge in [-0.2, -0.15) is 0 Å². The summed E-state index contributed by atoms with van der Waals surface area (Å²) in [4.78, 5) is 0. The van der Waals surface area contributed by atoms with E-state index in [2.05, 4.69) is 185 Å². The predicted octanol–water partition coefficient (Wildman–Crippen LogP) is 12.8. The van der Waals surface area contributed by atoms with E-state index in [-0.39, 0.29) is 0 Å². The van der Waals surface area contributed by atoms with Crippen molar-refractivity contribution < 1.29 is 0 Å². The van der Waals surface area contributed by atoms with Gasteiger partial charge in [-0.3, -0.25) is 0 Å². The highest BCUT2D eigenvalue weighted by Crippen LogP contribution is 2.33. The zero-order chi connectivity index (χ0) is 37.6. The molecule has 7 aromatic rings. The molecule has 54 heavy (non-hydrogen) atoms. The molecule has 0 spiro atoms. The molecule has 0 fully saturated rings. The van der Waals surface area contributed by atoms with Crippen molar-refractivity contribution in [3.63, 3.8) is 0 Å². The molecule has 2 N–H and O–H groups in total. The maximum Gasteiger partial charge on any atom is 0.0314 e. The third-order valence-electron chi connectivity index (χ3n) is 10.3. The molecule has 0 aliphatic rings. The first-order chi connectivity index (χ1) is 26.2. The topological polar surface area (TPSA) is 26.0 Å². The van der Waals surface area contributed by atoms with E-state index in [1.165, 1.54) is 44.5 Å². The van der Waals surface area contributed by atoms with Crippen LogP contribution in [-0.4, -0.2) is 0 Å². The number of nitrogen functional groups attached to an aromatic ring is 1. The number of anilines is 1. The summed E-state index contributed by atoms with van der Waals surface area (Å²) in [7, 11) is 0. The fourth-order valence-electron chi connectivity index (χ4n) is 6.88. The lowest BCUT2D eigenvalue weighted by Crippen LogP contribution is -1.97. The molecule has 0 radical (unpaired) electrons. The van der Waals surface area contributed by atoms with E-state index < -0.39 is 0 Å². The van der Waals surface area contributed by atoms with Crippen LogP contribution in [0.4, 0.5) is 5.69 Å². The molecule has 0 aliphatic carbocycles. The summed E-state index contributed by atoms with van der Waals surface area (Å²) in [6.45, 7) is 18.1. The maximum atomic E-state index is 5.90. The molecule has 0 bridgehead atoms. The second-order valence-electron chi connectivity index (χ2n) is 14.6. The molecule has 1 nitrogen and oxygen atoms in total. The number of aryl methyl sites for hydroxylation is 2. The summed E-state index contributed by atoms with van der Waals surface area (Å²) in [6.07, 6.45) is 2.64. The largest absolute Gasteiger partial charge is 0.399 e. The summed E-state index contributed by atoms with van der Waals surface area (Å²) in [5.41, 5.74) is 26.2. The first kappa shape index (κ1) is 35.9. The zero-order valence-electron chi connectivity index (χ0n) is 31.4. The van der Waals surface area contributed by atoms with Crippen molar-refractivity contribution in [1.29, 1.82) is 0 Å². The zero-order valence-corrected chi connectivity index (χ0v) is 31.4. The minimum absolute atomic E-state index is 0.780. The highest BCUT2D eigenvalue weighted by Gasteiger charge is 2.13. The van der Waals surface area contributed by atoms with Gasteiger partial charge in [0.25, 0.3) is 0 Å². The van der Waals surface area contributed by atoms with Crippen LogP contribution in [0, 0.1) is 13.8 Å². The standard InChI is InChI=1S/C53H47N/c1-36-6-10-41(11-7-36)30-43-14-22-47(23-15-43)38(3)50-33-51(39(4)48-24-16-44(17-25-48)31-42-12-8-37(2)9-13-42)35-52(34-50)40(5)49-26-18-45(19-27-49)32-46-20-28-53(54)29-21-46/h6-29,33-35H,3-5,30-32,54H2,1-2H3. The molecule has 0 atom stereocenters. The maximum absolute atomic E-state index is 5.90. The summed E-state index contributed by atoms with van der Waals surface area (Å²) in [6, 6.07) is 58.6. The average Bonchev–Trinajstić information content (AvgIpc) is 3.20. The smallest absolute Gasteiger partial charge is 0.0314 e. The Labute approximate surface area is 321 Å². The van der Waals surface area contributed by atoms with Crippen LogP contribution in [0.3, 0.4) is 0 Å². The molecular weight excluding hydrogens is 651 g/mol. The lowest BCUT2D eigenvalue weighted by Gasteiger charge is -2.16. The van der Waals surface area contributed by atoms with Gasteiger partial charge in [-0.05, 0) is 147 Å².